The zero-order valence-corrected chi connectivity index (χ0v) is 19.4. The van der Waals surface area contributed by atoms with Crippen LogP contribution >= 0.6 is 0 Å². The lowest BCUT2D eigenvalue weighted by Gasteiger charge is -2.37. The van der Waals surface area contributed by atoms with Crippen molar-refractivity contribution < 1.29 is 19.0 Å². The molecular formula is C22H33NO4Si. The Morgan fingerprint density at radius 3 is 2.32 bits per heavy atom. The molecule has 1 aromatic carbocycles. The molecular weight excluding hydrogens is 370 g/mol. The van der Waals surface area contributed by atoms with E-state index in [4.69, 9.17) is 14.2 Å². The van der Waals surface area contributed by atoms with Crippen LogP contribution in [0, 0.1) is 11.5 Å². The van der Waals surface area contributed by atoms with Gasteiger partial charge in [0.1, 0.15) is 13.7 Å². The minimum Gasteiger partial charge on any atom is -0.493 e. The van der Waals surface area contributed by atoms with Crippen molar-refractivity contribution in [2.24, 2.45) is 0 Å². The van der Waals surface area contributed by atoms with Gasteiger partial charge >= 0.3 is 6.09 Å². The van der Waals surface area contributed by atoms with Gasteiger partial charge in [0.05, 0.1) is 20.3 Å². The average molecular weight is 404 g/mol. The Kier molecular flexibility index (Phi) is 6.71. The highest BCUT2D eigenvalue weighted by Crippen LogP contribution is 2.39. The fourth-order valence-corrected chi connectivity index (χ4v) is 3.83. The fourth-order valence-electron chi connectivity index (χ4n) is 3.20. The summed E-state index contributed by atoms with van der Waals surface area (Å²) in [5.41, 5.74) is 5.09. The molecule has 0 aromatic heterocycles. The zero-order chi connectivity index (χ0) is 21.1. The van der Waals surface area contributed by atoms with E-state index in [2.05, 4.69) is 31.1 Å². The predicted octanol–water partition coefficient (Wildman–Crippen LogP) is 4.81. The van der Waals surface area contributed by atoms with Crippen molar-refractivity contribution in [3.8, 4) is 23.0 Å². The van der Waals surface area contributed by atoms with Gasteiger partial charge in [0.2, 0.25) is 0 Å². The minimum absolute atomic E-state index is 0.165. The summed E-state index contributed by atoms with van der Waals surface area (Å²) in [4.78, 5) is 14.7. The number of ether oxygens (including phenoxy) is 3. The van der Waals surface area contributed by atoms with Gasteiger partial charge in [-0.15, -0.1) is 11.5 Å². The molecule has 1 aliphatic heterocycles. The number of amides is 1. The first-order valence-electron chi connectivity index (χ1n) is 9.69. The number of rotatable bonds is 3. The fraction of sp³-hybridized carbons (Fsp3) is 0.591. The number of carbonyl (C=O) groups excluding carboxylic acids is 1. The third-order valence-electron chi connectivity index (χ3n) is 4.39. The molecule has 1 aromatic rings. The monoisotopic (exact) mass is 403 g/mol. The highest BCUT2D eigenvalue weighted by molar-refractivity contribution is 6.83. The van der Waals surface area contributed by atoms with E-state index in [1.165, 1.54) is 0 Å². The summed E-state index contributed by atoms with van der Waals surface area (Å²) < 4.78 is 16.6. The molecule has 1 heterocycles. The first-order chi connectivity index (χ1) is 12.9. The van der Waals surface area contributed by atoms with E-state index in [9.17, 15) is 4.79 Å². The Labute approximate surface area is 170 Å². The molecule has 154 valence electrons. The van der Waals surface area contributed by atoms with Gasteiger partial charge in [-0.1, -0.05) is 19.6 Å². The van der Waals surface area contributed by atoms with E-state index >= 15 is 0 Å². The molecule has 1 aliphatic rings. The Morgan fingerprint density at radius 2 is 1.79 bits per heavy atom. The number of carbonyl (C=O) groups is 1. The Hall–Kier alpha value is -2.13. The largest absolute Gasteiger partial charge is 0.493 e. The summed E-state index contributed by atoms with van der Waals surface area (Å²) in [6.07, 6.45) is 1.02. The first kappa shape index (κ1) is 22.2. The normalized spacial score (nSPS) is 16.6. The molecule has 0 saturated heterocycles. The second-order valence-electron chi connectivity index (χ2n) is 9.10. The molecule has 0 fully saturated rings. The molecule has 1 unspecified atom stereocenters. The van der Waals surface area contributed by atoms with E-state index in [1.807, 2.05) is 32.9 Å². The maximum absolute atomic E-state index is 12.9. The van der Waals surface area contributed by atoms with Gasteiger partial charge < -0.3 is 14.2 Å². The lowest BCUT2D eigenvalue weighted by atomic mass is 9.90. The standard InChI is InChI=1S/C22H33NO4Si/c1-22(2,3)27-21(24)23-12-11-16-14-19(25-4)20(26-5)15-17(16)18(23)10-9-13-28(6,7)8/h14-15,18H,10-12H2,1-8H3. The Morgan fingerprint density at radius 1 is 1.18 bits per heavy atom. The third kappa shape index (κ3) is 5.68. The van der Waals surface area contributed by atoms with Crippen LogP contribution in [0.25, 0.3) is 0 Å². The minimum atomic E-state index is -1.49. The van der Waals surface area contributed by atoms with Crippen molar-refractivity contribution in [3.63, 3.8) is 0 Å². The molecule has 0 radical (unpaired) electrons. The number of nitrogens with zero attached hydrogens (tertiary/aromatic N) is 1. The van der Waals surface area contributed by atoms with Crippen LogP contribution < -0.4 is 9.47 Å². The lowest BCUT2D eigenvalue weighted by Crippen LogP contribution is -2.43. The van der Waals surface area contributed by atoms with Crippen molar-refractivity contribution in [2.75, 3.05) is 20.8 Å². The summed E-state index contributed by atoms with van der Waals surface area (Å²) in [5, 5.41) is 0. The smallest absolute Gasteiger partial charge is 0.410 e. The molecule has 6 heteroatoms. The van der Waals surface area contributed by atoms with E-state index in [0.29, 0.717) is 24.5 Å². The SMILES string of the molecule is COc1cc2c(cc1OC)C(CC#C[Si](C)(C)C)N(C(=O)OC(C)(C)C)CC2. The van der Waals surface area contributed by atoms with Gasteiger partial charge in [-0.05, 0) is 50.5 Å². The van der Waals surface area contributed by atoms with Gasteiger partial charge in [-0.25, -0.2) is 4.79 Å². The zero-order valence-electron chi connectivity index (χ0n) is 18.4. The Bertz CT molecular complexity index is 781. The number of hydrogen-bond acceptors (Lipinski definition) is 4. The number of fused-ring (bicyclic) bond motifs is 1. The van der Waals surface area contributed by atoms with E-state index < -0.39 is 13.7 Å². The van der Waals surface area contributed by atoms with E-state index in [-0.39, 0.29) is 12.1 Å². The molecule has 0 aliphatic carbocycles. The van der Waals surface area contributed by atoms with E-state index in [1.54, 1.807) is 19.1 Å². The van der Waals surface area contributed by atoms with Gasteiger partial charge in [-0.2, -0.15) is 0 Å². The van der Waals surface area contributed by atoms with Crippen LogP contribution in [0.15, 0.2) is 12.1 Å². The molecule has 2 rings (SSSR count). The van der Waals surface area contributed by atoms with Crippen LogP contribution in [0.4, 0.5) is 4.79 Å². The molecule has 0 N–H and O–H groups in total. The van der Waals surface area contributed by atoms with Gasteiger partial charge in [0.15, 0.2) is 11.5 Å². The summed E-state index contributed by atoms with van der Waals surface area (Å²) in [6, 6.07) is 3.83. The summed E-state index contributed by atoms with van der Waals surface area (Å²) in [6.45, 7) is 12.9. The summed E-state index contributed by atoms with van der Waals surface area (Å²) >= 11 is 0. The highest BCUT2D eigenvalue weighted by atomic mass is 28.3. The van der Waals surface area contributed by atoms with E-state index in [0.717, 1.165) is 17.5 Å². The number of methoxy groups -OCH3 is 2. The molecule has 28 heavy (non-hydrogen) atoms. The van der Waals surface area contributed by atoms with Crippen LogP contribution in [0.1, 0.15) is 44.4 Å². The molecule has 1 amide bonds. The van der Waals surface area contributed by atoms with Crippen LogP contribution in [0.5, 0.6) is 11.5 Å². The molecule has 0 spiro atoms. The molecule has 0 bridgehead atoms. The van der Waals surface area contributed by atoms with Gasteiger partial charge in [0, 0.05) is 13.0 Å². The van der Waals surface area contributed by atoms with Gasteiger partial charge in [-0.3, -0.25) is 4.90 Å². The number of hydrogen-bond donors (Lipinski definition) is 0. The second-order valence-corrected chi connectivity index (χ2v) is 13.9. The predicted molar refractivity (Wildman–Crippen MR) is 115 cm³/mol. The quantitative estimate of drug-likeness (QED) is 0.537. The number of benzene rings is 1. The van der Waals surface area contributed by atoms with Crippen molar-refractivity contribution in [1.82, 2.24) is 4.90 Å². The molecule has 1 atom stereocenters. The highest BCUT2D eigenvalue weighted by Gasteiger charge is 2.34. The van der Waals surface area contributed by atoms with Gasteiger partial charge in [0.25, 0.3) is 0 Å². The average Bonchev–Trinajstić information content (AvgIpc) is 2.57. The van der Waals surface area contributed by atoms with Crippen molar-refractivity contribution in [3.05, 3.63) is 23.3 Å². The summed E-state index contributed by atoms with van der Waals surface area (Å²) in [7, 11) is 1.77. The maximum atomic E-state index is 12.9. The topological polar surface area (TPSA) is 48.0 Å². The van der Waals surface area contributed by atoms with Crippen LogP contribution in [0.2, 0.25) is 19.6 Å². The summed E-state index contributed by atoms with van der Waals surface area (Å²) in [5.74, 6) is 4.71. The van der Waals surface area contributed by atoms with Crippen molar-refractivity contribution in [1.29, 1.82) is 0 Å². The molecule has 0 saturated carbocycles. The lowest BCUT2D eigenvalue weighted by molar-refractivity contribution is 0.0146. The van der Waals surface area contributed by atoms with Crippen molar-refractivity contribution >= 4 is 14.2 Å². The molecule has 5 nitrogen and oxygen atoms in total. The van der Waals surface area contributed by atoms with Crippen LogP contribution in [-0.2, 0) is 11.2 Å². The van der Waals surface area contributed by atoms with Crippen LogP contribution in [0.3, 0.4) is 0 Å². The first-order valence-corrected chi connectivity index (χ1v) is 13.2. The maximum Gasteiger partial charge on any atom is 0.410 e. The van der Waals surface area contributed by atoms with Crippen LogP contribution in [-0.4, -0.2) is 45.4 Å². The van der Waals surface area contributed by atoms with Crippen molar-refractivity contribution in [2.45, 2.75) is 64.9 Å². The third-order valence-corrected chi connectivity index (χ3v) is 5.32. The second kappa shape index (κ2) is 8.48. The Balaban J connectivity index is 2.45.